The number of ether oxygens (including phenoxy) is 1. The van der Waals surface area contributed by atoms with Crippen LogP contribution in [0.15, 0.2) is 5.38 Å². The molecular formula is C13H20BO4S. The summed E-state index contributed by atoms with van der Waals surface area (Å²) in [7, 11) is 2.94. The molecule has 0 aromatic carbocycles. The summed E-state index contributed by atoms with van der Waals surface area (Å²) in [5, 5.41) is 11.8. The van der Waals surface area contributed by atoms with E-state index < -0.39 is 11.2 Å². The van der Waals surface area contributed by atoms with E-state index in [1.807, 2.05) is 26.2 Å². The topological polar surface area (TPSA) is 55.8 Å². The van der Waals surface area contributed by atoms with E-state index in [2.05, 4.69) is 0 Å². The Hall–Kier alpha value is -0.845. The minimum absolute atomic E-state index is 0.344. The third-order valence-electron chi connectivity index (χ3n) is 3.40. The fourth-order valence-corrected chi connectivity index (χ4v) is 2.15. The molecular weight excluding hydrogens is 263 g/mol. The molecule has 4 nitrogen and oxygen atoms in total. The molecule has 0 fully saturated rings. The van der Waals surface area contributed by atoms with Crippen molar-refractivity contribution < 1.29 is 19.3 Å². The van der Waals surface area contributed by atoms with Crippen molar-refractivity contribution in [2.45, 2.75) is 45.8 Å². The first kappa shape index (κ1) is 16.2. The van der Waals surface area contributed by atoms with Crippen LogP contribution in [-0.4, -0.2) is 36.9 Å². The summed E-state index contributed by atoms with van der Waals surface area (Å²) in [6.07, 6.45) is 0. The third-order valence-corrected chi connectivity index (χ3v) is 4.48. The summed E-state index contributed by atoms with van der Waals surface area (Å²) in [6.45, 7) is 8.86. The van der Waals surface area contributed by atoms with Gasteiger partial charge < -0.3 is 14.5 Å². The van der Waals surface area contributed by atoms with Gasteiger partial charge in [0.25, 0.3) is 0 Å². The third kappa shape index (κ3) is 3.58. The van der Waals surface area contributed by atoms with Crippen molar-refractivity contribution in [3.63, 3.8) is 0 Å². The smallest absolute Gasteiger partial charge is 0.348 e. The largest absolute Gasteiger partial charge is 0.465 e. The molecule has 19 heavy (non-hydrogen) atoms. The Kier molecular flexibility index (Phi) is 4.82. The second-order valence-electron chi connectivity index (χ2n) is 5.44. The van der Waals surface area contributed by atoms with Crippen LogP contribution in [-0.2, 0) is 9.39 Å². The highest BCUT2D eigenvalue weighted by atomic mass is 32.1. The maximum Gasteiger partial charge on any atom is 0.348 e. The molecule has 1 aromatic rings. The Bertz CT molecular complexity index is 460. The monoisotopic (exact) mass is 283 g/mol. The van der Waals surface area contributed by atoms with Crippen molar-refractivity contribution in [2.24, 2.45) is 0 Å². The van der Waals surface area contributed by atoms with Crippen molar-refractivity contribution in [3.8, 4) is 0 Å². The molecule has 1 aromatic heterocycles. The zero-order chi connectivity index (χ0) is 14.8. The number of hydrogen-bond acceptors (Lipinski definition) is 5. The van der Waals surface area contributed by atoms with Crippen LogP contribution in [0.1, 0.15) is 42.9 Å². The Balaban J connectivity index is 2.80. The summed E-state index contributed by atoms with van der Waals surface area (Å²) in [4.78, 5) is 12.1. The van der Waals surface area contributed by atoms with Crippen molar-refractivity contribution in [2.75, 3.05) is 7.11 Å². The SMILES string of the molecule is COC(=O)c1scc([B]OC(C)(C)C(C)(C)O)c1C. The quantitative estimate of drug-likeness (QED) is 0.659. The van der Waals surface area contributed by atoms with Gasteiger partial charge in [0.15, 0.2) is 0 Å². The second kappa shape index (κ2) is 5.65. The van der Waals surface area contributed by atoms with Crippen LogP contribution in [0.3, 0.4) is 0 Å². The average molecular weight is 283 g/mol. The van der Waals surface area contributed by atoms with E-state index in [-0.39, 0.29) is 5.97 Å². The van der Waals surface area contributed by atoms with E-state index in [1.165, 1.54) is 18.4 Å². The van der Waals surface area contributed by atoms with E-state index in [1.54, 1.807) is 21.3 Å². The number of aliphatic hydroxyl groups is 1. The number of thiophene rings is 1. The maximum absolute atomic E-state index is 11.5. The summed E-state index contributed by atoms with van der Waals surface area (Å²) in [6, 6.07) is 0. The van der Waals surface area contributed by atoms with Gasteiger partial charge in [-0.3, -0.25) is 0 Å². The van der Waals surface area contributed by atoms with E-state index in [0.717, 1.165) is 11.0 Å². The van der Waals surface area contributed by atoms with Gasteiger partial charge in [0.2, 0.25) is 0 Å². The van der Waals surface area contributed by atoms with Gasteiger partial charge in [-0.25, -0.2) is 4.79 Å². The zero-order valence-corrected chi connectivity index (χ0v) is 13.1. The van der Waals surface area contributed by atoms with Gasteiger partial charge in [-0.15, -0.1) is 11.3 Å². The van der Waals surface area contributed by atoms with Gasteiger partial charge in [0.05, 0.1) is 18.3 Å². The van der Waals surface area contributed by atoms with Crippen molar-refractivity contribution in [1.82, 2.24) is 0 Å². The standard InChI is InChI=1S/C13H20BO4S/c1-8-9(7-19-10(8)11(15)17-6)14-18-13(4,5)12(2,3)16/h7,16H,1-6H3. The van der Waals surface area contributed by atoms with Gasteiger partial charge in [-0.2, -0.15) is 0 Å². The molecule has 0 amide bonds. The van der Waals surface area contributed by atoms with Crippen molar-refractivity contribution in [1.29, 1.82) is 0 Å². The number of esters is 1. The Morgan fingerprint density at radius 3 is 2.42 bits per heavy atom. The van der Waals surface area contributed by atoms with Gasteiger partial charge in [-0.05, 0) is 51.0 Å². The van der Waals surface area contributed by atoms with E-state index in [9.17, 15) is 9.90 Å². The number of methoxy groups -OCH3 is 1. The highest BCUT2D eigenvalue weighted by Gasteiger charge is 2.36. The molecule has 0 atom stereocenters. The van der Waals surface area contributed by atoms with Crippen molar-refractivity contribution in [3.05, 3.63) is 15.8 Å². The number of carbonyl (C=O) groups is 1. The van der Waals surface area contributed by atoms with Crippen LogP contribution >= 0.6 is 11.3 Å². The minimum Gasteiger partial charge on any atom is -0.465 e. The molecule has 0 bridgehead atoms. The molecule has 1 radical (unpaired) electrons. The van der Waals surface area contributed by atoms with Crippen molar-refractivity contribution >= 4 is 30.3 Å². The van der Waals surface area contributed by atoms with Crippen LogP contribution in [0.5, 0.6) is 0 Å². The van der Waals surface area contributed by atoms with Crippen LogP contribution in [0.25, 0.3) is 0 Å². The predicted octanol–water partition coefficient (Wildman–Crippen LogP) is 1.65. The second-order valence-corrected chi connectivity index (χ2v) is 6.32. The van der Waals surface area contributed by atoms with E-state index in [0.29, 0.717) is 4.88 Å². The van der Waals surface area contributed by atoms with Gasteiger partial charge >= 0.3 is 13.5 Å². The summed E-state index contributed by atoms with van der Waals surface area (Å²) in [5.41, 5.74) is -0.0584. The summed E-state index contributed by atoms with van der Waals surface area (Å²) >= 11 is 1.32. The van der Waals surface area contributed by atoms with Gasteiger partial charge in [-0.1, -0.05) is 0 Å². The van der Waals surface area contributed by atoms with Crippen LogP contribution in [0.2, 0.25) is 0 Å². The predicted molar refractivity (Wildman–Crippen MR) is 77.2 cm³/mol. The molecule has 0 aliphatic rings. The zero-order valence-electron chi connectivity index (χ0n) is 12.2. The lowest BCUT2D eigenvalue weighted by Crippen LogP contribution is -2.49. The Morgan fingerprint density at radius 1 is 1.37 bits per heavy atom. The molecule has 105 valence electrons. The fraction of sp³-hybridized carbons (Fsp3) is 0.615. The van der Waals surface area contributed by atoms with E-state index in [4.69, 9.17) is 9.39 Å². The Labute approximate surface area is 119 Å². The first-order valence-corrected chi connectivity index (χ1v) is 6.88. The fourth-order valence-electron chi connectivity index (χ4n) is 1.20. The van der Waals surface area contributed by atoms with E-state index >= 15 is 0 Å². The number of carbonyl (C=O) groups excluding carboxylic acids is 1. The van der Waals surface area contributed by atoms with Gasteiger partial charge in [0, 0.05) is 0 Å². The first-order valence-electron chi connectivity index (χ1n) is 6.00. The Morgan fingerprint density at radius 2 is 1.95 bits per heavy atom. The molecule has 0 spiro atoms. The lowest BCUT2D eigenvalue weighted by atomic mass is 9.82. The molecule has 0 unspecified atom stereocenters. The number of hydrogen-bond donors (Lipinski definition) is 1. The highest BCUT2D eigenvalue weighted by Crippen LogP contribution is 2.24. The van der Waals surface area contributed by atoms with Crippen LogP contribution in [0, 0.1) is 6.92 Å². The summed E-state index contributed by atoms with van der Waals surface area (Å²) < 4.78 is 10.4. The molecule has 0 saturated carbocycles. The molecule has 6 heteroatoms. The van der Waals surface area contributed by atoms with Gasteiger partial charge in [0.1, 0.15) is 4.88 Å². The molecule has 0 aliphatic carbocycles. The first-order chi connectivity index (χ1) is 8.60. The normalized spacial score (nSPS) is 12.4. The average Bonchev–Trinajstić information content (AvgIpc) is 2.66. The lowest BCUT2D eigenvalue weighted by molar-refractivity contribution is -0.0893. The van der Waals surface area contributed by atoms with Crippen LogP contribution in [0.4, 0.5) is 0 Å². The molecule has 0 saturated heterocycles. The summed E-state index contributed by atoms with van der Waals surface area (Å²) in [5.74, 6) is -0.344. The minimum atomic E-state index is -0.974. The lowest BCUT2D eigenvalue weighted by Gasteiger charge is -2.37. The molecule has 1 rings (SSSR count). The number of rotatable bonds is 5. The highest BCUT2D eigenvalue weighted by molar-refractivity contribution is 7.13. The molecule has 0 aliphatic heterocycles. The molecule has 1 heterocycles. The van der Waals surface area contributed by atoms with Crippen LogP contribution < -0.4 is 5.46 Å². The maximum atomic E-state index is 11.5. The molecule has 1 N–H and O–H groups in total.